The second-order valence-electron chi connectivity index (χ2n) is 7.11. The van der Waals surface area contributed by atoms with Crippen LogP contribution in [0.5, 0.6) is 11.5 Å². The van der Waals surface area contributed by atoms with Crippen molar-refractivity contribution in [2.75, 3.05) is 23.9 Å². The third-order valence-corrected chi connectivity index (χ3v) is 4.57. The van der Waals surface area contributed by atoms with E-state index in [2.05, 4.69) is 25.6 Å². The van der Waals surface area contributed by atoms with Crippen molar-refractivity contribution in [3.63, 3.8) is 0 Å². The Kier molecular flexibility index (Phi) is 5.50. The van der Waals surface area contributed by atoms with Crippen molar-refractivity contribution in [1.82, 2.24) is 25.0 Å². The molecule has 0 aliphatic rings. The minimum absolute atomic E-state index is 0.0410. The van der Waals surface area contributed by atoms with E-state index in [0.717, 1.165) is 5.56 Å². The smallest absolute Gasteiger partial charge is 0.227 e. The number of rotatable bonds is 7. The monoisotopic (exact) mass is 387 g/mol. The number of aliphatic hydroxyl groups is 1. The predicted molar refractivity (Wildman–Crippen MR) is 105 cm³/mol. The van der Waals surface area contributed by atoms with E-state index >= 15 is 0 Å². The van der Waals surface area contributed by atoms with Crippen molar-refractivity contribution in [2.24, 2.45) is 13.0 Å². The Hall–Kier alpha value is -3.14. The lowest BCUT2D eigenvalue weighted by atomic mass is 10.1. The van der Waals surface area contributed by atoms with Gasteiger partial charge in [0.2, 0.25) is 5.95 Å². The fourth-order valence-electron chi connectivity index (χ4n) is 2.84. The molecule has 0 amide bonds. The number of benzene rings is 1. The Labute approximate surface area is 162 Å². The first-order valence-electron chi connectivity index (χ1n) is 8.97. The molecule has 4 N–H and O–H groups in total. The molecule has 3 aromatic rings. The first-order valence-corrected chi connectivity index (χ1v) is 8.97. The van der Waals surface area contributed by atoms with Crippen LogP contribution in [-0.2, 0) is 13.6 Å². The molecule has 150 valence electrons. The molecule has 10 nitrogen and oxygen atoms in total. The quantitative estimate of drug-likeness (QED) is 0.442. The van der Waals surface area contributed by atoms with E-state index in [1.807, 2.05) is 25.8 Å². The van der Waals surface area contributed by atoms with Crippen LogP contribution >= 0.6 is 0 Å². The van der Waals surface area contributed by atoms with Gasteiger partial charge in [0.1, 0.15) is 0 Å². The van der Waals surface area contributed by atoms with Gasteiger partial charge >= 0.3 is 0 Å². The topological polar surface area (TPSA) is 132 Å². The maximum Gasteiger partial charge on any atom is 0.227 e. The molecule has 10 heteroatoms. The zero-order chi connectivity index (χ0) is 20.4. The number of nitrogens with zero attached hydrogens (tertiary/aromatic N) is 6. The molecule has 1 atom stereocenters. The number of aliphatic hydroxyl groups excluding tert-OH is 1. The number of nitrogens with one attached hydrogen (secondary N) is 1. The van der Waals surface area contributed by atoms with Crippen molar-refractivity contribution in [2.45, 2.75) is 26.4 Å². The average Bonchev–Trinajstić information content (AvgIpc) is 3.03. The molecule has 0 fully saturated rings. The van der Waals surface area contributed by atoms with Crippen LogP contribution in [0.1, 0.15) is 19.4 Å². The van der Waals surface area contributed by atoms with Crippen molar-refractivity contribution >= 4 is 22.9 Å². The molecule has 3 rings (SSSR count). The number of phenolic OH excluding ortho intramolecular Hbond substituents is 2. The number of anilines is 2. The predicted octanol–water partition coefficient (Wildman–Crippen LogP) is 1.23. The van der Waals surface area contributed by atoms with Crippen LogP contribution in [0.15, 0.2) is 18.2 Å². The van der Waals surface area contributed by atoms with Gasteiger partial charge in [-0.15, -0.1) is 5.10 Å². The number of hydrogen-bond acceptors (Lipinski definition) is 9. The Bertz CT molecular complexity index is 973. The highest BCUT2D eigenvalue weighted by Gasteiger charge is 2.20. The van der Waals surface area contributed by atoms with E-state index in [9.17, 15) is 15.3 Å². The van der Waals surface area contributed by atoms with Gasteiger partial charge in [-0.3, -0.25) is 0 Å². The summed E-state index contributed by atoms with van der Waals surface area (Å²) in [7, 11) is 3.59. The summed E-state index contributed by atoms with van der Waals surface area (Å²) >= 11 is 0. The highest BCUT2D eigenvalue weighted by atomic mass is 16.3. The minimum atomic E-state index is -0.189. The van der Waals surface area contributed by atoms with E-state index < -0.39 is 0 Å². The lowest BCUT2D eigenvalue weighted by Gasteiger charge is -2.22. The van der Waals surface area contributed by atoms with Gasteiger partial charge in [-0.25, -0.2) is 4.68 Å². The summed E-state index contributed by atoms with van der Waals surface area (Å²) in [5, 5.41) is 40.2. The highest BCUT2D eigenvalue weighted by Crippen LogP contribution is 2.28. The molecule has 0 unspecified atom stereocenters. The molecule has 0 saturated carbocycles. The number of hydrogen-bond donors (Lipinski definition) is 4. The van der Waals surface area contributed by atoms with E-state index in [1.54, 1.807) is 17.8 Å². The van der Waals surface area contributed by atoms with Crippen LogP contribution in [0.25, 0.3) is 11.2 Å². The van der Waals surface area contributed by atoms with Gasteiger partial charge in [-0.1, -0.05) is 25.1 Å². The standard InChI is InChI=1S/C18H25N7O3/c1-10(2)12(9-26)19-18-20-16(15-17(21-18)25(4)23-22-15)24(3)8-11-5-6-13(27)14(28)7-11/h5-7,10,12,26-28H,8-9H2,1-4H3,(H,19,20,21)/t12-/m0/s1. The molecule has 2 heterocycles. The second kappa shape index (κ2) is 7.85. The molecule has 0 radical (unpaired) electrons. The maximum atomic E-state index is 9.73. The van der Waals surface area contributed by atoms with Crippen LogP contribution in [0.2, 0.25) is 0 Å². The zero-order valence-electron chi connectivity index (χ0n) is 16.3. The van der Waals surface area contributed by atoms with Crippen LogP contribution in [0.4, 0.5) is 11.8 Å². The number of aryl methyl sites for hydroxylation is 1. The van der Waals surface area contributed by atoms with Gasteiger partial charge in [-0.05, 0) is 23.6 Å². The fourth-order valence-corrected chi connectivity index (χ4v) is 2.84. The van der Waals surface area contributed by atoms with E-state index in [0.29, 0.717) is 29.5 Å². The number of phenols is 2. The van der Waals surface area contributed by atoms with E-state index in [-0.39, 0.29) is 30.1 Å². The van der Waals surface area contributed by atoms with E-state index in [4.69, 9.17) is 0 Å². The molecule has 0 saturated heterocycles. The second-order valence-corrected chi connectivity index (χ2v) is 7.11. The Morgan fingerprint density at radius 3 is 2.57 bits per heavy atom. The summed E-state index contributed by atoms with van der Waals surface area (Å²) in [6.07, 6.45) is 0. The van der Waals surface area contributed by atoms with Gasteiger partial charge in [0.25, 0.3) is 0 Å². The summed E-state index contributed by atoms with van der Waals surface area (Å²) < 4.78 is 1.56. The Morgan fingerprint density at radius 1 is 1.18 bits per heavy atom. The normalized spacial score (nSPS) is 12.5. The summed E-state index contributed by atoms with van der Waals surface area (Å²) in [6.45, 7) is 4.38. The molecule has 0 aliphatic heterocycles. The number of fused-ring (bicyclic) bond motifs is 1. The lowest BCUT2D eigenvalue weighted by Crippen LogP contribution is -2.30. The largest absolute Gasteiger partial charge is 0.504 e. The van der Waals surface area contributed by atoms with Crippen LogP contribution in [0, 0.1) is 5.92 Å². The Balaban J connectivity index is 1.97. The summed E-state index contributed by atoms with van der Waals surface area (Å²) in [5.74, 6) is 0.785. The third-order valence-electron chi connectivity index (χ3n) is 4.57. The van der Waals surface area contributed by atoms with Gasteiger partial charge in [-0.2, -0.15) is 9.97 Å². The Morgan fingerprint density at radius 2 is 1.93 bits per heavy atom. The first-order chi connectivity index (χ1) is 13.3. The number of aromatic hydroxyl groups is 2. The van der Waals surface area contributed by atoms with Crippen molar-refractivity contribution in [3.05, 3.63) is 23.8 Å². The molecular weight excluding hydrogens is 362 g/mol. The molecule has 28 heavy (non-hydrogen) atoms. The molecule has 2 aromatic heterocycles. The molecular formula is C18H25N7O3. The average molecular weight is 387 g/mol. The maximum absolute atomic E-state index is 9.73. The first kappa shape index (κ1) is 19.6. The lowest BCUT2D eigenvalue weighted by molar-refractivity contribution is 0.248. The number of aromatic nitrogens is 5. The summed E-state index contributed by atoms with van der Waals surface area (Å²) in [6, 6.07) is 4.48. The fraction of sp³-hybridized carbons (Fsp3) is 0.444. The van der Waals surface area contributed by atoms with Crippen molar-refractivity contribution in [3.8, 4) is 11.5 Å². The van der Waals surface area contributed by atoms with Crippen LogP contribution in [-0.4, -0.2) is 60.0 Å². The van der Waals surface area contributed by atoms with E-state index in [1.165, 1.54) is 12.1 Å². The van der Waals surface area contributed by atoms with Crippen molar-refractivity contribution < 1.29 is 15.3 Å². The van der Waals surface area contributed by atoms with Gasteiger partial charge in [0, 0.05) is 20.6 Å². The van der Waals surface area contributed by atoms with Crippen molar-refractivity contribution in [1.29, 1.82) is 0 Å². The van der Waals surface area contributed by atoms with Gasteiger partial charge < -0.3 is 25.5 Å². The minimum Gasteiger partial charge on any atom is -0.504 e. The van der Waals surface area contributed by atoms with Gasteiger partial charge in [0.15, 0.2) is 28.5 Å². The van der Waals surface area contributed by atoms with Crippen LogP contribution < -0.4 is 10.2 Å². The molecule has 0 spiro atoms. The van der Waals surface area contributed by atoms with Crippen LogP contribution in [0.3, 0.4) is 0 Å². The molecule has 1 aromatic carbocycles. The summed E-state index contributed by atoms with van der Waals surface area (Å²) in [5.41, 5.74) is 1.90. The molecule has 0 bridgehead atoms. The zero-order valence-corrected chi connectivity index (χ0v) is 16.3. The van der Waals surface area contributed by atoms with Gasteiger partial charge in [0.05, 0.1) is 12.6 Å². The third kappa shape index (κ3) is 3.91. The SMILES string of the molecule is CC(C)[C@H](CO)Nc1nc(N(C)Cc2ccc(O)c(O)c2)c2nnn(C)c2n1. The summed E-state index contributed by atoms with van der Waals surface area (Å²) in [4.78, 5) is 10.9. The highest BCUT2D eigenvalue weighted by molar-refractivity contribution is 5.84. The molecule has 0 aliphatic carbocycles.